The van der Waals surface area contributed by atoms with Gasteiger partial charge in [0.2, 0.25) is 5.91 Å². The maximum absolute atomic E-state index is 12.5. The normalized spacial score (nSPS) is 10.8. The monoisotopic (exact) mass is 535 g/mol. The van der Waals surface area contributed by atoms with E-state index in [-0.39, 0.29) is 24.1 Å². The maximum atomic E-state index is 12.5. The number of amides is 2. The molecule has 1 aromatic heterocycles. The number of nitrogens with zero attached hydrogens (tertiary/aromatic N) is 3. The highest BCUT2D eigenvalue weighted by Crippen LogP contribution is 2.26. The molecular formula is C22H23BrClN5O2S. The summed E-state index contributed by atoms with van der Waals surface area (Å²) in [5.74, 6) is 0.396. The highest BCUT2D eigenvalue weighted by Gasteiger charge is 2.16. The largest absolute Gasteiger partial charge is 0.345 e. The summed E-state index contributed by atoms with van der Waals surface area (Å²) in [6.07, 6.45) is 0. The lowest BCUT2D eigenvalue weighted by molar-refractivity contribution is -0.113. The summed E-state index contributed by atoms with van der Waals surface area (Å²) < 4.78 is 2.85. The fourth-order valence-electron chi connectivity index (χ4n) is 3.19. The van der Waals surface area contributed by atoms with Crippen LogP contribution in [0.3, 0.4) is 0 Å². The predicted octanol–water partition coefficient (Wildman–Crippen LogP) is 4.99. The summed E-state index contributed by atoms with van der Waals surface area (Å²) in [5.41, 5.74) is 3.20. The number of hydrogen-bond acceptors (Lipinski definition) is 5. The summed E-state index contributed by atoms with van der Waals surface area (Å²) in [6, 6.07) is 10.8. The van der Waals surface area contributed by atoms with Crippen molar-refractivity contribution in [2.75, 3.05) is 11.1 Å². The number of hydrogen-bond donors (Lipinski definition) is 2. The molecule has 2 N–H and O–H groups in total. The first kappa shape index (κ1) is 24.3. The van der Waals surface area contributed by atoms with Crippen LogP contribution in [0.1, 0.15) is 34.2 Å². The number of carbonyl (C=O) groups excluding carboxylic acids is 2. The van der Waals surface area contributed by atoms with Crippen molar-refractivity contribution in [1.82, 2.24) is 20.1 Å². The predicted molar refractivity (Wildman–Crippen MR) is 131 cm³/mol. The standard InChI is InChI=1S/C22H23BrClN5O2S/c1-4-29-18(11-25-21(31)16-7-5-6-8-17(16)24)27-28-22(29)32-12-19(30)26-20-13(2)9-15(23)10-14(20)3/h5-10H,4,11-12H2,1-3H3,(H,25,31)(H,26,30). The zero-order chi connectivity index (χ0) is 23.3. The average Bonchev–Trinajstić information content (AvgIpc) is 3.15. The smallest absolute Gasteiger partial charge is 0.253 e. The highest BCUT2D eigenvalue weighted by molar-refractivity contribution is 9.10. The molecule has 3 rings (SSSR count). The van der Waals surface area contributed by atoms with Crippen molar-refractivity contribution in [3.63, 3.8) is 0 Å². The van der Waals surface area contributed by atoms with Gasteiger partial charge >= 0.3 is 0 Å². The van der Waals surface area contributed by atoms with Crippen LogP contribution in [0.25, 0.3) is 0 Å². The minimum Gasteiger partial charge on any atom is -0.345 e. The number of nitrogens with one attached hydrogen (secondary N) is 2. The van der Waals surface area contributed by atoms with Crippen LogP contribution in [0.15, 0.2) is 46.0 Å². The Morgan fingerprint density at radius 2 is 1.84 bits per heavy atom. The third kappa shape index (κ3) is 5.90. The van der Waals surface area contributed by atoms with Gasteiger partial charge in [-0.05, 0) is 56.2 Å². The van der Waals surface area contributed by atoms with Crippen LogP contribution in [-0.4, -0.2) is 32.3 Å². The van der Waals surface area contributed by atoms with Crippen molar-refractivity contribution in [3.8, 4) is 0 Å². The van der Waals surface area contributed by atoms with Gasteiger partial charge in [0.05, 0.1) is 22.9 Å². The van der Waals surface area contributed by atoms with Crippen LogP contribution in [0, 0.1) is 13.8 Å². The molecule has 0 radical (unpaired) electrons. The lowest BCUT2D eigenvalue weighted by Crippen LogP contribution is -2.25. The molecule has 0 unspecified atom stereocenters. The Morgan fingerprint density at radius 3 is 2.50 bits per heavy atom. The van der Waals surface area contributed by atoms with Crippen molar-refractivity contribution >= 4 is 56.8 Å². The van der Waals surface area contributed by atoms with Crippen LogP contribution < -0.4 is 10.6 Å². The zero-order valence-corrected chi connectivity index (χ0v) is 21.1. The first-order chi connectivity index (χ1) is 15.3. The molecule has 10 heteroatoms. The van der Waals surface area contributed by atoms with Crippen LogP contribution in [0.4, 0.5) is 5.69 Å². The first-order valence-corrected chi connectivity index (χ1v) is 12.1. The van der Waals surface area contributed by atoms with Crippen molar-refractivity contribution < 1.29 is 9.59 Å². The fraction of sp³-hybridized carbons (Fsp3) is 0.273. The molecule has 7 nitrogen and oxygen atoms in total. The van der Waals surface area contributed by atoms with E-state index in [4.69, 9.17) is 11.6 Å². The molecule has 2 amide bonds. The Bertz CT molecular complexity index is 1130. The molecule has 3 aromatic rings. The van der Waals surface area contributed by atoms with Crippen LogP contribution in [-0.2, 0) is 17.9 Å². The molecule has 32 heavy (non-hydrogen) atoms. The third-order valence-electron chi connectivity index (χ3n) is 4.73. The highest BCUT2D eigenvalue weighted by atomic mass is 79.9. The molecule has 0 atom stereocenters. The number of aromatic nitrogens is 3. The van der Waals surface area contributed by atoms with Gasteiger partial charge in [-0.1, -0.05) is 51.4 Å². The van der Waals surface area contributed by atoms with Gasteiger partial charge in [-0.25, -0.2) is 0 Å². The molecule has 0 spiro atoms. The van der Waals surface area contributed by atoms with Gasteiger partial charge in [-0.3, -0.25) is 9.59 Å². The second-order valence-electron chi connectivity index (χ2n) is 7.06. The van der Waals surface area contributed by atoms with Gasteiger partial charge in [-0.2, -0.15) is 0 Å². The lowest BCUT2D eigenvalue weighted by atomic mass is 10.1. The molecule has 0 saturated carbocycles. The summed E-state index contributed by atoms with van der Waals surface area (Å²) in [4.78, 5) is 24.9. The minimum absolute atomic E-state index is 0.122. The van der Waals surface area contributed by atoms with E-state index in [1.165, 1.54) is 11.8 Å². The molecule has 0 aliphatic carbocycles. The van der Waals surface area contributed by atoms with E-state index < -0.39 is 0 Å². The third-order valence-corrected chi connectivity index (χ3v) is 6.48. The average molecular weight is 537 g/mol. The van der Waals surface area contributed by atoms with Gasteiger partial charge in [0.1, 0.15) is 0 Å². The summed E-state index contributed by atoms with van der Waals surface area (Å²) in [7, 11) is 0. The number of thioether (sulfide) groups is 1. The molecular weight excluding hydrogens is 514 g/mol. The van der Waals surface area contributed by atoms with Crippen LogP contribution in [0.5, 0.6) is 0 Å². The number of halogens is 2. The van der Waals surface area contributed by atoms with E-state index in [1.54, 1.807) is 24.3 Å². The molecule has 1 heterocycles. The second kappa shape index (κ2) is 11.0. The Balaban J connectivity index is 1.61. The van der Waals surface area contributed by atoms with Gasteiger partial charge in [0.15, 0.2) is 11.0 Å². The Morgan fingerprint density at radius 1 is 1.16 bits per heavy atom. The van der Waals surface area contributed by atoms with E-state index in [1.807, 2.05) is 37.5 Å². The number of benzene rings is 2. The van der Waals surface area contributed by atoms with Gasteiger partial charge in [0, 0.05) is 16.7 Å². The Hall–Kier alpha value is -2.36. The molecule has 2 aromatic carbocycles. The van der Waals surface area contributed by atoms with Crippen LogP contribution >= 0.6 is 39.3 Å². The van der Waals surface area contributed by atoms with Crippen molar-refractivity contribution in [2.24, 2.45) is 0 Å². The number of anilines is 1. The molecule has 0 bridgehead atoms. The maximum Gasteiger partial charge on any atom is 0.253 e. The Labute approximate surface area is 204 Å². The molecule has 0 fully saturated rings. The number of carbonyl (C=O) groups is 2. The quantitative estimate of drug-likeness (QED) is 0.396. The summed E-state index contributed by atoms with van der Waals surface area (Å²) >= 11 is 10.8. The van der Waals surface area contributed by atoms with E-state index in [0.717, 1.165) is 21.3 Å². The van der Waals surface area contributed by atoms with Crippen molar-refractivity contribution in [1.29, 1.82) is 0 Å². The van der Waals surface area contributed by atoms with Crippen molar-refractivity contribution in [3.05, 3.63) is 68.4 Å². The van der Waals surface area contributed by atoms with Crippen molar-refractivity contribution in [2.45, 2.75) is 39.0 Å². The molecule has 0 saturated heterocycles. The van der Waals surface area contributed by atoms with E-state index >= 15 is 0 Å². The molecule has 0 aliphatic heterocycles. The number of rotatable bonds is 8. The molecule has 0 aliphatic rings. The molecule has 168 valence electrons. The van der Waals surface area contributed by atoms with E-state index in [2.05, 4.69) is 36.8 Å². The number of aryl methyl sites for hydroxylation is 2. The summed E-state index contributed by atoms with van der Waals surface area (Å²) in [5, 5.41) is 15.2. The Kier molecular flexibility index (Phi) is 8.33. The van der Waals surface area contributed by atoms with E-state index in [0.29, 0.717) is 28.1 Å². The van der Waals surface area contributed by atoms with Crippen LogP contribution in [0.2, 0.25) is 5.02 Å². The first-order valence-electron chi connectivity index (χ1n) is 9.94. The summed E-state index contributed by atoms with van der Waals surface area (Å²) in [6.45, 7) is 6.68. The lowest BCUT2D eigenvalue weighted by Gasteiger charge is -2.12. The van der Waals surface area contributed by atoms with Gasteiger partial charge in [0.25, 0.3) is 5.91 Å². The second-order valence-corrected chi connectivity index (χ2v) is 9.32. The van der Waals surface area contributed by atoms with Gasteiger partial charge in [-0.15, -0.1) is 10.2 Å². The SMILES string of the molecule is CCn1c(CNC(=O)c2ccccc2Cl)nnc1SCC(=O)Nc1c(C)cc(Br)cc1C. The fourth-order valence-corrected chi connectivity index (χ4v) is 4.92. The zero-order valence-electron chi connectivity index (χ0n) is 17.9. The minimum atomic E-state index is -0.282. The van der Waals surface area contributed by atoms with E-state index in [9.17, 15) is 9.59 Å². The van der Waals surface area contributed by atoms with Gasteiger partial charge < -0.3 is 15.2 Å². The topological polar surface area (TPSA) is 88.9 Å².